The molecule has 3 heteroatoms. The zero-order valence-corrected chi connectivity index (χ0v) is 9.75. The maximum absolute atomic E-state index is 4.19. The van der Waals surface area contributed by atoms with Crippen LogP contribution >= 0.6 is 0 Å². The molecule has 0 bridgehead atoms. The number of benzene rings is 1. The number of anilines is 1. The molecular formula is C13H17N3. The van der Waals surface area contributed by atoms with Crippen LogP contribution in [0.5, 0.6) is 0 Å². The molecule has 0 saturated carbocycles. The molecule has 0 aliphatic rings. The fourth-order valence-electron chi connectivity index (χ4n) is 1.65. The van der Waals surface area contributed by atoms with Gasteiger partial charge < -0.3 is 10.3 Å². The van der Waals surface area contributed by atoms with Gasteiger partial charge in [-0.25, -0.2) is 4.98 Å². The molecule has 1 aromatic heterocycles. The van der Waals surface area contributed by atoms with Gasteiger partial charge in [-0.3, -0.25) is 0 Å². The van der Waals surface area contributed by atoms with Crippen LogP contribution in [0.15, 0.2) is 30.5 Å². The third-order valence-electron chi connectivity index (χ3n) is 2.67. The third-order valence-corrected chi connectivity index (χ3v) is 2.67. The Morgan fingerprint density at radius 1 is 1.19 bits per heavy atom. The smallest absolute Gasteiger partial charge is 0.200 e. The van der Waals surface area contributed by atoms with Gasteiger partial charge in [-0.05, 0) is 25.3 Å². The predicted octanol–water partition coefficient (Wildman–Crippen LogP) is 2.55. The fraction of sp³-hybridized carbons (Fsp3) is 0.308. The molecule has 0 spiro atoms. The highest BCUT2D eigenvalue weighted by molar-refractivity contribution is 5.26. The van der Waals surface area contributed by atoms with Gasteiger partial charge in [-0.2, -0.15) is 0 Å². The first kappa shape index (κ1) is 10.7. The van der Waals surface area contributed by atoms with Gasteiger partial charge in [0.15, 0.2) is 5.95 Å². The number of hydrogen-bond acceptors (Lipinski definition) is 2. The Kier molecular flexibility index (Phi) is 3.25. The van der Waals surface area contributed by atoms with Gasteiger partial charge in [0.05, 0.1) is 6.20 Å². The van der Waals surface area contributed by atoms with Gasteiger partial charge in [-0.15, -0.1) is 0 Å². The van der Waals surface area contributed by atoms with E-state index in [-0.39, 0.29) is 0 Å². The predicted molar refractivity (Wildman–Crippen MR) is 66.7 cm³/mol. The van der Waals surface area contributed by atoms with Crippen LogP contribution in [-0.2, 0) is 12.8 Å². The molecule has 84 valence electrons. The van der Waals surface area contributed by atoms with E-state index in [1.165, 1.54) is 16.8 Å². The lowest BCUT2D eigenvalue weighted by molar-refractivity contribution is 0.925. The zero-order valence-electron chi connectivity index (χ0n) is 9.75. The van der Waals surface area contributed by atoms with Crippen LogP contribution in [0.2, 0.25) is 0 Å². The summed E-state index contributed by atoms with van der Waals surface area (Å²) in [5.41, 5.74) is 3.85. The number of nitrogens with one attached hydrogen (secondary N) is 2. The summed E-state index contributed by atoms with van der Waals surface area (Å²) in [6.07, 6.45) is 3.93. The van der Waals surface area contributed by atoms with E-state index in [9.17, 15) is 0 Å². The summed E-state index contributed by atoms with van der Waals surface area (Å²) in [6.45, 7) is 2.11. The molecule has 0 radical (unpaired) electrons. The van der Waals surface area contributed by atoms with Crippen LogP contribution in [0.4, 0.5) is 5.95 Å². The number of H-pyrrole nitrogens is 1. The third kappa shape index (κ3) is 2.63. The van der Waals surface area contributed by atoms with E-state index in [2.05, 4.69) is 46.5 Å². The standard InChI is InChI=1S/C13H17N3/c1-10-3-5-11(6-4-10)7-8-12-9-15-13(14-2)16-12/h3-6,9H,7-8H2,1-2H3,(H2,14,15,16). The molecule has 0 aliphatic carbocycles. The van der Waals surface area contributed by atoms with Crippen LogP contribution < -0.4 is 5.32 Å². The van der Waals surface area contributed by atoms with Crippen molar-refractivity contribution in [2.24, 2.45) is 0 Å². The summed E-state index contributed by atoms with van der Waals surface area (Å²) in [7, 11) is 1.86. The van der Waals surface area contributed by atoms with Crippen molar-refractivity contribution in [3.8, 4) is 0 Å². The molecule has 2 aromatic rings. The van der Waals surface area contributed by atoms with E-state index >= 15 is 0 Å². The average Bonchev–Trinajstić information content (AvgIpc) is 2.76. The molecule has 3 nitrogen and oxygen atoms in total. The molecule has 2 N–H and O–H groups in total. The largest absolute Gasteiger partial charge is 0.359 e. The van der Waals surface area contributed by atoms with Gasteiger partial charge in [0.2, 0.25) is 0 Å². The second-order valence-electron chi connectivity index (χ2n) is 3.99. The Morgan fingerprint density at radius 3 is 2.56 bits per heavy atom. The highest BCUT2D eigenvalue weighted by Gasteiger charge is 1.99. The second-order valence-corrected chi connectivity index (χ2v) is 3.99. The molecule has 0 atom stereocenters. The van der Waals surface area contributed by atoms with E-state index in [1.54, 1.807) is 0 Å². The van der Waals surface area contributed by atoms with E-state index < -0.39 is 0 Å². The molecule has 0 aliphatic heterocycles. The first-order valence-corrected chi connectivity index (χ1v) is 5.55. The zero-order chi connectivity index (χ0) is 11.4. The van der Waals surface area contributed by atoms with Crippen LogP contribution in [-0.4, -0.2) is 17.0 Å². The minimum Gasteiger partial charge on any atom is -0.359 e. The molecule has 1 aromatic carbocycles. The molecular weight excluding hydrogens is 198 g/mol. The summed E-state index contributed by atoms with van der Waals surface area (Å²) in [6, 6.07) is 8.68. The summed E-state index contributed by atoms with van der Waals surface area (Å²) in [5, 5.41) is 2.99. The Labute approximate surface area is 95.9 Å². The van der Waals surface area contributed by atoms with Gasteiger partial charge in [0.1, 0.15) is 0 Å². The maximum atomic E-state index is 4.19. The normalized spacial score (nSPS) is 10.4. The Hall–Kier alpha value is -1.77. The summed E-state index contributed by atoms with van der Waals surface area (Å²) in [5.74, 6) is 0.832. The van der Waals surface area contributed by atoms with Gasteiger partial charge >= 0.3 is 0 Å². The highest BCUT2D eigenvalue weighted by atomic mass is 15.1. The molecule has 0 saturated heterocycles. The van der Waals surface area contributed by atoms with Crippen molar-refractivity contribution in [2.45, 2.75) is 19.8 Å². The molecule has 16 heavy (non-hydrogen) atoms. The topological polar surface area (TPSA) is 40.7 Å². The van der Waals surface area contributed by atoms with Crippen LogP contribution in [0.25, 0.3) is 0 Å². The number of rotatable bonds is 4. The first-order valence-electron chi connectivity index (χ1n) is 5.55. The Bertz CT molecular complexity index is 442. The van der Waals surface area contributed by atoms with E-state index in [1.807, 2.05) is 13.2 Å². The lowest BCUT2D eigenvalue weighted by Gasteiger charge is -2.00. The van der Waals surface area contributed by atoms with Crippen molar-refractivity contribution in [3.63, 3.8) is 0 Å². The quantitative estimate of drug-likeness (QED) is 0.823. The average molecular weight is 215 g/mol. The number of imidazole rings is 1. The van der Waals surface area contributed by atoms with Crippen molar-refractivity contribution < 1.29 is 0 Å². The number of aromatic nitrogens is 2. The van der Waals surface area contributed by atoms with Gasteiger partial charge in [-0.1, -0.05) is 29.8 Å². The fourth-order valence-corrected chi connectivity index (χ4v) is 1.65. The minimum absolute atomic E-state index is 0.832. The van der Waals surface area contributed by atoms with Gasteiger partial charge in [0.25, 0.3) is 0 Å². The molecule has 1 heterocycles. The van der Waals surface area contributed by atoms with Crippen LogP contribution in [0.1, 0.15) is 16.8 Å². The highest BCUT2D eigenvalue weighted by Crippen LogP contribution is 2.08. The summed E-state index contributed by atoms with van der Waals surface area (Å²) >= 11 is 0. The minimum atomic E-state index is 0.832. The van der Waals surface area contributed by atoms with Gasteiger partial charge in [0, 0.05) is 12.7 Å². The van der Waals surface area contributed by atoms with Crippen LogP contribution in [0.3, 0.4) is 0 Å². The van der Waals surface area contributed by atoms with Crippen LogP contribution in [0, 0.1) is 6.92 Å². The summed E-state index contributed by atoms with van der Waals surface area (Å²) in [4.78, 5) is 7.42. The van der Waals surface area contributed by atoms with Crippen molar-refractivity contribution in [1.82, 2.24) is 9.97 Å². The first-order chi connectivity index (χ1) is 7.78. The SMILES string of the molecule is CNc1ncc(CCc2ccc(C)cc2)[nH]1. The second kappa shape index (κ2) is 4.84. The van der Waals surface area contributed by atoms with Crippen molar-refractivity contribution in [3.05, 3.63) is 47.3 Å². The van der Waals surface area contributed by atoms with Crippen molar-refractivity contribution in [2.75, 3.05) is 12.4 Å². The number of hydrogen-bond donors (Lipinski definition) is 2. The molecule has 0 unspecified atom stereocenters. The maximum Gasteiger partial charge on any atom is 0.200 e. The molecule has 0 amide bonds. The Balaban J connectivity index is 1.94. The lowest BCUT2D eigenvalue weighted by atomic mass is 10.1. The molecule has 0 fully saturated rings. The van der Waals surface area contributed by atoms with Crippen molar-refractivity contribution in [1.29, 1.82) is 0 Å². The number of aromatic amines is 1. The van der Waals surface area contributed by atoms with E-state index in [4.69, 9.17) is 0 Å². The van der Waals surface area contributed by atoms with E-state index in [0.717, 1.165) is 18.8 Å². The van der Waals surface area contributed by atoms with Crippen molar-refractivity contribution >= 4 is 5.95 Å². The number of nitrogens with zero attached hydrogens (tertiary/aromatic N) is 1. The lowest BCUT2D eigenvalue weighted by Crippen LogP contribution is -1.93. The molecule has 2 rings (SSSR count). The van der Waals surface area contributed by atoms with E-state index in [0.29, 0.717) is 0 Å². The monoisotopic (exact) mass is 215 g/mol. The Morgan fingerprint density at radius 2 is 1.94 bits per heavy atom. The number of aryl methyl sites for hydroxylation is 3. The summed E-state index contributed by atoms with van der Waals surface area (Å²) < 4.78 is 0.